The van der Waals surface area contributed by atoms with E-state index in [1.54, 1.807) is 48.5 Å². The number of rotatable bonds is 8. The Labute approximate surface area is 176 Å². The van der Waals surface area contributed by atoms with Crippen molar-refractivity contribution in [1.82, 2.24) is 0 Å². The number of methoxy groups -OCH3 is 2. The Bertz CT molecular complexity index is 829. The highest BCUT2D eigenvalue weighted by Gasteiger charge is 2.45. The van der Waals surface area contributed by atoms with Crippen molar-refractivity contribution in [3.63, 3.8) is 0 Å². The van der Waals surface area contributed by atoms with E-state index in [0.29, 0.717) is 16.1 Å². The number of benzene rings is 2. The zero-order valence-electron chi connectivity index (χ0n) is 16.9. The van der Waals surface area contributed by atoms with Crippen LogP contribution in [0.5, 0.6) is 0 Å². The van der Waals surface area contributed by atoms with E-state index in [0.717, 1.165) is 0 Å². The van der Waals surface area contributed by atoms with Gasteiger partial charge in [-0.2, -0.15) is 0 Å². The van der Waals surface area contributed by atoms with Crippen molar-refractivity contribution in [3.05, 3.63) is 70.7 Å². The zero-order chi connectivity index (χ0) is 21.6. The van der Waals surface area contributed by atoms with Crippen molar-refractivity contribution in [1.29, 1.82) is 0 Å². The van der Waals surface area contributed by atoms with Crippen LogP contribution in [0, 0.1) is 17.8 Å². The van der Waals surface area contributed by atoms with E-state index in [2.05, 4.69) is 0 Å². The van der Waals surface area contributed by atoms with Crippen LogP contribution in [-0.4, -0.2) is 31.9 Å². The van der Waals surface area contributed by atoms with Crippen LogP contribution >= 0.6 is 11.6 Å². The molecule has 0 saturated heterocycles. The number of carbonyl (C=O) groups excluding carboxylic acids is 3. The molecule has 2 aromatic carbocycles. The first-order valence-electron chi connectivity index (χ1n) is 9.32. The molecule has 0 saturated carbocycles. The van der Waals surface area contributed by atoms with E-state index in [-0.39, 0.29) is 11.7 Å². The lowest BCUT2D eigenvalue weighted by Gasteiger charge is -2.33. The van der Waals surface area contributed by atoms with E-state index >= 15 is 0 Å². The second kappa shape index (κ2) is 10.2. The summed E-state index contributed by atoms with van der Waals surface area (Å²) in [7, 11) is 2.42. The lowest BCUT2D eigenvalue weighted by atomic mass is 9.69. The average Bonchev–Trinajstić information content (AvgIpc) is 2.73. The van der Waals surface area contributed by atoms with Crippen LogP contribution in [0.2, 0.25) is 5.02 Å². The number of esters is 2. The van der Waals surface area contributed by atoms with Crippen molar-refractivity contribution in [2.24, 2.45) is 17.8 Å². The molecule has 0 aliphatic carbocycles. The van der Waals surface area contributed by atoms with Crippen molar-refractivity contribution < 1.29 is 23.9 Å². The fraction of sp³-hybridized carbons (Fsp3) is 0.348. The number of hydrogen-bond donors (Lipinski definition) is 0. The second-order valence-corrected chi connectivity index (χ2v) is 7.54. The molecule has 0 aliphatic rings. The van der Waals surface area contributed by atoms with Gasteiger partial charge in [0.1, 0.15) is 0 Å². The predicted molar refractivity (Wildman–Crippen MR) is 111 cm³/mol. The van der Waals surface area contributed by atoms with Crippen molar-refractivity contribution in [2.45, 2.75) is 19.8 Å². The molecular weight excluding hydrogens is 392 g/mol. The van der Waals surface area contributed by atoms with Gasteiger partial charge in [0.25, 0.3) is 0 Å². The van der Waals surface area contributed by atoms with Crippen LogP contribution in [0.3, 0.4) is 0 Å². The summed E-state index contributed by atoms with van der Waals surface area (Å²) in [6.07, 6.45) is 0. The van der Waals surface area contributed by atoms with E-state index in [4.69, 9.17) is 21.1 Å². The first-order chi connectivity index (χ1) is 13.8. The van der Waals surface area contributed by atoms with Gasteiger partial charge in [-0.25, -0.2) is 0 Å². The van der Waals surface area contributed by atoms with Gasteiger partial charge in [0.15, 0.2) is 11.7 Å². The Morgan fingerprint density at radius 2 is 1.34 bits per heavy atom. The van der Waals surface area contributed by atoms with Gasteiger partial charge in [0.05, 0.1) is 14.2 Å². The van der Waals surface area contributed by atoms with Gasteiger partial charge in [0, 0.05) is 22.4 Å². The Morgan fingerprint density at radius 1 is 0.828 bits per heavy atom. The molecule has 0 bridgehead atoms. The number of halogens is 1. The molecule has 0 spiro atoms. The third kappa shape index (κ3) is 5.24. The number of ether oxygens (including phenoxy) is 2. The van der Waals surface area contributed by atoms with Gasteiger partial charge < -0.3 is 9.47 Å². The molecular formula is C23H25ClO5. The molecule has 5 nitrogen and oxygen atoms in total. The van der Waals surface area contributed by atoms with Crippen molar-refractivity contribution >= 4 is 29.3 Å². The summed E-state index contributed by atoms with van der Waals surface area (Å²) >= 11 is 6.03. The summed E-state index contributed by atoms with van der Waals surface area (Å²) in [5, 5.41) is 0.510. The van der Waals surface area contributed by atoms with Crippen LogP contribution in [0.25, 0.3) is 0 Å². The lowest BCUT2D eigenvalue weighted by molar-refractivity contribution is -0.160. The number of ketones is 1. The van der Waals surface area contributed by atoms with Crippen molar-refractivity contribution in [3.8, 4) is 0 Å². The highest BCUT2D eigenvalue weighted by atomic mass is 35.5. The van der Waals surface area contributed by atoms with Crippen LogP contribution in [0.15, 0.2) is 54.6 Å². The fourth-order valence-electron chi connectivity index (χ4n) is 3.61. The molecule has 0 aromatic heterocycles. The molecule has 154 valence electrons. The third-order valence-electron chi connectivity index (χ3n) is 4.99. The van der Waals surface area contributed by atoms with Gasteiger partial charge in [0.2, 0.25) is 0 Å². The molecule has 0 amide bonds. The van der Waals surface area contributed by atoms with Gasteiger partial charge >= 0.3 is 11.9 Å². The Morgan fingerprint density at radius 3 is 1.79 bits per heavy atom. The first kappa shape index (κ1) is 22.6. The standard InChI is InChI=1S/C23H25ClO5/c1-14(2)18(21(25)16-8-6-5-7-9-16)19(15-10-12-17(24)13-11-15)20(22(26)28-3)23(27)29-4/h5-14,18-20H,1-4H3/t18-,19-/m1/s1. The highest BCUT2D eigenvalue weighted by molar-refractivity contribution is 6.30. The van der Waals surface area contributed by atoms with E-state index in [1.165, 1.54) is 14.2 Å². The number of hydrogen-bond acceptors (Lipinski definition) is 5. The quantitative estimate of drug-likeness (QED) is 0.359. The maximum absolute atomic E-state index is 13.5. The molecule has 0 fully saturated rings. The topological polar surface area (TPSA) is 69.7 Å². The summed E-state index contributed by atoms with van der Waals surface area (Å²) < 4.78 is 9.80. The molecule has 0 unspecified atom stereocenters. The second-order valence-electron chi connectivity index (χ2n) is 7.10. The normalized spacial score (nSPS) is 13.1. The largest absolute Gasteiger partial charge is 0.468 e. The van der Waals surface area contributed by atoms with Crippen LogP contribution in [0.1, 0.15) is 35.7 Å². The molecule has 0 N–H and O–H groups in total. The maximum Gasteiger partial charge on any atom is 0.320 e. The van der Waals surface area contributed by atoms with E-state index in [1.807, 2.05) is 19.9 Å². The molecule has 0 radical (unpaired) electrons. The van der Waals surface area contributed by atoms with Gasteiger partial charge in [-0.05, 0) is 23.6 Å². The maximum atomic E-state index is 13.5. The number of Topliss-reactive ketones (excluding diaryl/α,β-unsaturated/α-hetero) is 1. The summed E-state index contributed by atoms with van der Waals surface area (Å²) in [5.74, 6) is -4.54. The molecule has 2 atom stereocenters. The minimum atomic E-state index is -1.29. The Hall–Kier alpha value is -2.66. The SMILES string of the molecule is COC(=O)C(C(=O)OC)[C@H](c1ccc(Cl)cc1)[C@H](C(=O)c1ccccc1)C(C)C. The first-order valence-corrected chi connectivity index (χ1v) is 9.70. The monoisotopic (exact) mass is 416 g/mol. The Kier molecular flexibility index (Phi) is 7.97. The summed E-state index contributed by atoms with van der Waals surface area (Å²) in [5.41, 5.74) is 1.15. The summed E-state index contributed by atoms with van der Waals surface area (Å²) in [4.78, 5) is 38.7. The molecule has 29 heavy (non-hydrogen) atoms. The number of carbonyl (C=O) groups is 3. The molecule has 6 heteroatoms. The lowest BCUT2D eigenvalue weighted by Crippen LogP contribution is -2.40. The molecule has 2 aromatic rings. The zero-order valence-corrected chi connectivity index (χ0v) is 17.7. The van der Waals surface area contributed by atoms with Gasteiger partial charge in [-0.15, -0.1) is 0 Å². The van der Waals surface area contributed by atoms with E-state index in [9.17, 15) is 14.4 Å². The van der Waals surface area contributed by atoms with Gasteiger partial charge in [-0.1, -0.05) is 67.9 Å². The van der Waals surface area contributed by atoms with Crippen molar-refractivity contribution in [2.75, 3.05) is 14.2 Å². The predicted octanol–water partition coefficient (Wildman–Crippen LogP) is 4.54. The van der Waals surface area contributed by atoms with Crippen LogP contribution < -0.4 is 0 Å². The minimum Gasteiger partial charge on any atom is -0.468 e. The van der Waals surface area contributed by atoms with E-state index < -0.39 is 29.7 Å². The smallest absolute Gasteiger partial charge is 0.320 e. The third-order valence-corrected chi connectivity index (χ3v) is 5.24. The summed E-state index contributed by atoms with van der Waals surface area (Å²) in [6.45, 7) is 3.78. The molecule has 2 rings (SSSR count). The Balaban J connectivity index is 2.67. The molecule has 0 heterocycles. The average molecular weight is 417 g/mol. The van der Waals surface area contributed by atoms with Crippen LogP contribution in [-0.2, 0) is 19.1 Å². The summed E-state index contributed by atoms with van der Waals surface area (Å²) in [6, 6.07) is 15.6. The highest BCUT2D eigenvalue weighted by Crippen LogP contribution is 2.40. The molecule has 0 aliphatic heterocycles. The van der Waals surface area contributed by atoms with Gasteiger partial charge in [-0.3, -0.25) is 14.4 Å². The minimum absolute atomic E-state index is 0.154. The van der Waals surface area contributed by atoms with Crippen LogP contribution in [0.4, 0.5) is 0 Å². The fourth-order valence-corrected chi connectivity index (χ4v) is 3.74.